The van der Waals surface area contributed by atoms with Gasteiger partial charge in [0.2, 0.25) is 0 Å². The number of hydrogen-bond donors (Lipinski definition) is 0. The van der Waals surface area contributed by atoms with Gasteiger partial charge in [0.15, 0.2) is 0 Å². The van der Waals surface area contributed by atoms with Crippen molar-refractivity contribution in [3.8, 4) is 5.75 Å². The van der Waals surface area contributed by atoms with E-state index in [1.165, 1.54) is 12.1 Å². The Kier molecular flexibility index (Phi) is 4.40. The van der Waals surface area contributed by atoms with E-state index < -0.39 is 0 Å². The molecule has 3 nitrogen and oxygen atoms in total. The van der Waals surface area contributed by atoms with Gasteiger partial charge in [-0.25, -0.2) is 4.39 Å². The Labute approximate surface area is 152 Å². The fourth-order valence-corrected chi connectivity index (χ4v) is 3.33. The van der Waals surface area contributed by atoms with Gasteiger partial charge in [0.05, 0.1) is 24.6 Å². The van der Waals surface area contributed by atoms with Crippen molar-refractivity contribution in [1.29, 1.82) is 0 Å². The van der Waals surface area contributed by atoms with Gasteiger partial charge in [-0.15, -0.1) is 0 Å². The quantitative estimate of drug-likeness (QED) is 0.649. The minimum atomic E-state index is -0.242. The molecule has 0 bridgehead atoms. The maximum Gasteiger partial charge on any atom is 0.124 e. The Bertz CT molecular complexity index is 922. The molecule has 130 valence electrons. The molecule has 0 fully saturated rings. The van der Waals surface area contributed by atoms with Crippen molar-refractivity contribution in [2.45, 2.75) is 12.5 Å². The largest absolute Gasteiger partial charge is 0.496 e. The summed E-state index contributed by atoms with van der Waals surface area (Å²) in [7, 11) is 1.68. The van der Waals surface area contributed by atoms with Gasteiger partial charge in [-0.05, 0) is 35.9 Å². The maximum atomic E-state index is 13.3. The average molecular weight is 346 g/mol. The topological polar surface area (TPSA) is 24.8 Å². The van der Waals surface area contributed by atoms with Crippen molar-refractivity contribution in [3.05, 3.63) is 95.8 Å². The maximum absolute atomic E-state index is 13.3. The Hall–Kier alpha value is -3.14. The standard InChI is InChI=1S/C22H19FN2O/c1-26-22-10-6-5-9-19(22)21-15-20(16-11-13-17(23)14-12-16)24-25(21)18-7-3-2-4-8-18/h2-14,21H,15H2,1H3/t21-/m1/s1. The Morgan fingerprint density at radius 3 is 2.35 bits per heavy atom. The summed E-state index contributed by atoms with van der Waals surface area (Å²) in [5.74, 6) is 0.600. The number of benzene rings is 3. The van der Waals surface area contributed by atoms with Gasteiger partial charge in [-0.2, -0.15) is 5.10 Å². The van der Waals surface area contributed by atoms with Gasteiger partial charge in [0.1, 0.15) is 11.6 Å². The fourth-order valence-electron chi connectivity index (χ4n) is 3.33. The number of anilines is 1. The second-order valence-electron chi connectivity index (χ2n) is 6.20. The first kappa shape index (κ1) is 16.3. The summed E-state index contributed by atoms with van der Waals surface area (Å²) < 4.78 is 18.9. The van der Waals surface area contributed by atoms with Gasteiger partial charge in [0.25, 0.3) is 0 Å². The molecule has 1 aliphatic heterocycles. The highest BCUT2D eigenvalue weighted by Crippen LogP contribution is 2.39. The molecule has 0 amide bonds. The van der Waals surface area contributed by atoms with Gasteiger partial charge in [0, 0.05) is 12.0 Å². The summed E-state index contributed by atoms with van der Waals surface area (Å²) in [5.41, 5.74) is 3.97. The molecule has 0 saturated heterocycles. The number of ether oxygens (including phenoxy) is 1. The molecule has 0 unspecified atom stereocenters. The highest BCUT2D eigenvalue weighted by molar-refractivity contribution is 6.03. The molecule has 0 spiro atoms. The lowest BCUT2D eigenvalue weighted by atomic mass is 9.97. The average Bonchev–Trinajstić information content (AvgIpc) is 3.14. The van der Waals surface area contributed by atoms with Crippen LogP contribution in [0.15, 0.2) is 84.0 Å². The normalized spacial score (nSPS) is 16.5. The van der Waals surface area contributed by atoms with Crippen molar-refractivity contribution >= 4 is 11.4 Å². The van der Waals surface area contributed by atoms with Crippen LogP contribution in [0.1, 0.15) is 23.6 Å². The molecular formula is C22H19FN2O. The minimum absolute atomic E-state index is 0.0219. The molecule has 0 aromatic heterocycles. The molecular weight excluding hydrogens is 327 g/mol. The van der Waals surface area contributed by atoms with E-state index in [2.05, 4.69) is 6.07 Å². The highest BCUT2D eigenvalue weighted by Gasteiger charge is 2.31. The van der Waals surface area contributed by atoms with Gasteiger partial charge < -0.3 is 4.74 Å². The van der Waals surface area contributed by atoms with E-state index in [-0.39, 0.29) is 11.9 Å². The molecule has 3 aromatic rings. The Balaban J connectivity index is 1.77. The van der Waals surface area contributed by atoms with E-state index in [1.807, 2.05) is 53.5 Å². The number of nitrogens with zero attached hydrogens (tertiary/aromatic N) is 2. The Morgan fingerprint density at radius 2 is 1.62 bits per heavy atom. The molecule has 3 aromatic carbocycles. The fraction of sp³-hybridized carbons (Fsp3) is 0.136. The predicted molar refractivity (Wildman–Crippen MR) is 102 cm³/mol. The van der Waals surface area contributed by atoms with Crippen LogP contribution in [0.25, 0.3) is 0 Å². The van der Waals surface area contributed by atoms with E-state index in [4.69, 9.17) is 9.84 Å². The zero-order valence-corrected chi connectivity index (χ0v) is 14.5. The van der Waals surface area contributed by atoms with E-state index in [0.717, 1.165) is 34.7 Å². The molecule has 0 N–H and O–H groups in total. The van der Waals surface area contributed by atoms with Crippen LogP contribution < -0.4 is 9.75 Å². The number of para-hydroxylation sites is 2. The summed E-state index contributed by atoms with van der Waals surface area (Å²) in [6.45, 7) is 0. The lowest BCUT2D eigenvalue weighted by molar-refractivity contribution is 0.405. The van der Waals surface area contributed by atoms with Crippen LogP contribution in [0.3, 0.4) is 0 Å². The first-order valence-electron chi connectivity index (χ1n) is 8.57. The number of hydrazone groups is 1. The number of rotatable bonds is 4. The SMILES string of the molecule is COc1ccccc1[C@H]1CC(c2ccc(F)cc2)=NN1c1ccccc1. The molecule has 4 rings (SSSR count). The van der Waals surface area contributed by atoms with Crippen LogP contribution in [0.4, 0.5) is 10.1 Å². The molecule has 4 heteroatoms. The first-order chi connectivity index (χ1) is 12.8. The Morgan fingerprint density at radius 1 is 0.923 bits per heavy atom. The molecule has 1 atom stereocenters. The number of halogens is 1. The van der Waals surface area contributed by atoms with Crippen molar-refractivity contribution in [1.82, 2.24) is 0 Å². The van der Waals surface area contributed by atoms with Crippen molar-refractivity contribution in [3.63, 3.8) is 0 Å². The molecule has 26 heavy (non-hydrogen) atoms. The van der Waals surface area contributed by atoms with Crippen LogP contribution in [0.2, 0.25) is 0 Å². The lowest BCUT2D eigenvalue weighted by Crippen LogP contribution is -2.19. The zero-order chi connectivity index (χ0) is 17.9. The second kappa shape index (κ2) is 7.00. The summed E-state index contributed by atoms with van der Waals surface area (Å²) in [4.78, 5) is 0. The smallest absolute Gasteiger partial charge is 0.124 e. The van der Waals surface area contributed by atoms with E-state index in [0.29, 0.717) is 0 Å². The summed E-state index contributed by atoms with van der Waals surface area (Å²) in [5, 5.41) is 6.89. The van der Waals surface area contributed by atoms with Crippen LogP contribution in [0.5, 0.6) is 5.75 Å². The zero-order valence-electron chi connectivity index (χ0n) is 14.5. The third-order valence-electron chi connectivity index (χ3n) is 4.61. The number of methoxy groups -OCH3 is 1. The van der Waals surface area contributed by atoms with Crippen molar-refractivity contribution in [2.75, 3.05) is 12.1 Å². The predicted octanol–water partition coefficient (Wildman–Crippen LogP) is 5.19. The van der Waals surface area contributed by atoms with Gasteiger partial charge >= 0.3 is 0 Å². The summed E-state index contributed by atoms with van der Waals surface area (Å²) in [6, 6.07) is 24.6. The first-order valence-corrected chi connectivity index (χ1v) is 8.57. The highest BCUT2D eigenvalue weighted by atomic mass is 19.1. The third-order valence-corrected chi connectivity index (χ3v) is 4.61. The van der Waals surface area contributed by atoms with E-state index in [9.17, 15) is 4.39 Å². The second-order valence-corrected chi connectivity index (χ2v) is 6.20. The van der Waals surface area contributed by atoms with Gasteiger partial charge in [-0.3, -0.25) is 5.01 Å². The molecule has 0 aliphatic carbocycles. The van der Waals surface area contributed by atoms with E-state index in [1.54, 1.807) is 19.2 Å². The summed E-state index contributed by atoms with van der Waals surface area (Å²) in [6.07, 6.45) is 0.723. The van der Waals surface area contributed by atoms with E-state index >= 15 is 0 Å². The van der Waals surface area contributed by atoms with Gasteiger partial charge in [-0.1, -0.05) is 48.5 Å². The number of hydrogen-bond acceptors (Lipinski definition) is 3. The molecule has 1 aliphatic rings. The minimum Gasteiger partial charge on any atom is -0.496 e. The molecule has 0 radical (unpaired) electrons. The monoisotopic (exact) mass is 346 g/mol. The van der Waals surface area contributed by atoms with Crippen molar-refractivity contribution in [2.24, 2.45) is 5.10 Å². The lowest BCUT2D eigenvalue weighted by Gasteiger charge is -2.25. The third kappa shape index (κ3) is 3.06. The van der Waals surface area contributed by atoms with Crippen LogP contribution in [-0.2, 0) is 0 Å². The van der Waals surface area contributed by atoms with Crippen molar-refractivity contribution < 1.29 is 9.13 Å². The summed E-state index contributed by atoms with van der Waals surface area (Å²) >= 11 is 0. The van der Waals surface area contributed by atoms with Crippen LogP contribution >= 0.6 is 0 Å². The van der Waals surface area contributed by atoms with Crippen LogP contribution in [-0.4, -0.2) is 12.8 Å². The molecule has 0 saturated carbocycles. The molecule has 1 heterocycles. The van der Waals surface area contributed by atoms with Crippen LogP contribution in [0, 0.1) is 5.82 Å².